The zero-order valence-corrected chi connectivity index (χ0v) is 14.6. The van der Waals surface area contributed by atoms with Crippen molar-refractivity contribution in [1.29, 1.82) is 0 Å². The number of pyridine rings is 1. The largest absolute Gasteiger partial charge is 0.354 e. The molecule has 0 amide bonds. The third kappa shape index (κ3) is 4.18. The number of piperazine rings is 1. The molecule has 1 aromatic heterocycles. The first-order valence-electron chi connectivity index (χ1n) is 7.77. The summed E-state index contributed by atoms with van der Waals surface area (Å²) in [5, 5.41) is 0. The van der Waals surface area contributed by atoms with Gasteiger partial charge in [-0.25, -0.2) is 18.1 Å². The molecule has 2 heterocycles. The molecule has 22 heavy (non-hydrogen) atoms. The molecule has 0 radical (unpaired) electrons. The van der Waals surface area contributed by atoms with Crippen molar-refractivity contribution in [3.63, 3.8) is 0 Å². The van der Waals surface area contributed by atoms with E-state index in [2.05, 4.69) is 33.4 Å². The van der Waals surface area contributed by atoms with Crippen LogP contribution in [-0.2, 0) is 10.0 Å². The third-order valence-corrected chi connectivity index (χ3v) is 5.43. The average molecular weight is 326 g/mol. The lowest BCUT2D eigenvalue weighted by Gasteiger charge is -2.37. The van der Waals surface area contributed by atoms with Crippen molar-refractivity contribution in [2.75, 3.05) is 31.1 Å². The minimum atomic E-state index is -3.47. The molecule has 0 aromatic carbocycles. The fraction of sp³-hybridized carbons (Fsp3) is 0.667. The van der Waals surface area contributed by atoms with Gasteiger partial charge < -0.3 is 4.90 Å². The number of anilines is 1. The molecule has 6 nitrogen and oxygen atoms in total. The molecule has 0 spiro atoms. The van der Waals surface area contributed by atoms with Crippen LogP contribution < -0.4 is 9.62 Å². The lowest BCUT2D eigenvalue weighted by Crippen LogP contribution is -2.49. The molecule has 1 aliphatic heterocycles. The summed E-state index contributed by atoms with van der Waals surface area (Å²) in [4.78, 5) is 9.18. The van der Waals surface area contributed by atoms with Gasteiger partial charge in [0.25, 0.3) is 0 Å². The normalized spacial score (nSPS) is 17.5. The molecule has 0 unspecified atom stereocenters. The summed E-state index contributed by atoms with van der Waals surface area (Å²) in [7, 11) is -3.47. The maximum absolute atomic E-state index is 12.1. The van der Waals surface area contributed by atoms with E-state index in [1.807, 2.05) is 0 Å². The minimum absolute atomic E-state index is 0.131. The molecule has 0 aliphatic carbocycles. The molecular formula is C15H26N4O2S. The van der Waals surface area contributed by atoms with Crippen LogP contribution in [0.3, 0.4) is 0 Å². The number of aromatic nitrogens is 1. The monoisotopic (exact) mass is 326 g/mol. The number of rotatable bonds is 5. The first-order chi connectivity index (χ1) is 10.3. The Balaban J connectivity index is 2.04. The highest BCUT2D eigenvalue weighted by atomic mass is 32.2. The van der Waals surface area contributed by atoms with Gasteiger partial charge in [0.2, 0.25) is 10.0 Å². The first kappa shape index (κ1) is 17.2. The van der Waals surface area contributed by atoms with Crippen LogP contribution in [0.2, 0.25) is 0 Å². The molecule has 1 N–H and O–H groups in total. The predicted molar refractivity (Wildman–Crippen MR) is 88.6 cm³/mol. The van der Waals surface area contributed by atoms with Crippen molar-refractivity contribution >= 4 is 15.8 Å². The highest BCUT2D eigenvalue weighted by Gasteiger charge is 2.21. The second-order valence-electron chi connectivity index (χ2n) is 6.24. The van der Waals surface area contributed by atoms with E-state index in [0.29, 0.717) is 6.04 Å². The smallest absolute Gasteiger partial charge is 0.242 e. The average Bonchev–Trinajstić information content (AvgIpc) is 2.46. The quantitative estimate of drug-likeness (QED) is 0.883. The van der Waals surface area contributed by atoms with Gasteiger partial charge in [0, 0.05) is 44.5 Å². The molecule has 0 bridgehead atoms. The number of sulfonamides is 1. The Kier molecular flexibility index (Phi) is 5.41. The summed E-state index contributed by atoms with van der Waals surface area (Å²) in [5.74, 6) is 0.840. The molecule has 1 fully saturated rings. The van der Waals surface area contributed by atoms with E-state index in [9.17, 15) is 8.42 Å². The number of hydrogen-bond acceptors (Lipinski definition) is 5. The van der Waals surface area contributed by atoms with Gasteiger partial charge in [0.05, 0.1) is 0 Å². The van der Waals surface area contributed by atoms with E-state index in [-0.39, 0.29) is 10.9 Å². The molecule has 7 heteroatoms. The third-order valence-electron chi connectivity index (χ3n) is 3.79. The standard InChI is InChI=1S/C15H26N4O2S/c1-12(2)17-22(20,21)14-5-6-15(16-11-14)19-9-7-18(8-10-19)13(3)4/h5-6,11-13,17H,7-10H2,1-4H3. The molecule has 0 saturated carbocycles. The lowest BCUT2D eigenvalue weighted by atomic mass is 10.2. The zero-order chi connectivity index (χ0) is 16.3. The summed E-state index contributed by atoms with van der Waals surface area (Å²) in [6.07, 6.45) is 1.44. The summed E-state index contributed by atoms with van der Waals surface area (Å²) >= 11 is 0. The molecule has 0 atom stereocenters. The van der Waals surface area contributed by atoms with Gasteiger partial charge in [0.15, 0.2) is 0 Å². The van der Waals surface area contributed by atoms with Crippen molar-refractivity contribution in [3.05, 3.63) is 18.3 Å². The Bertz CT molecular complexity index is 576. The van der Waals surface area contributed by atoms with Crippen LogP contribution in [0.4, 0.5) is 5.82 Å². The number of nitrogens with zero attached hydrogens (tertiary/aromatic N) is 3. The number of hydrogen-bond donors (Lipinski definition) is 1. The Morgan fingerprint density at radius 1 is 1.09 bits per heavy atom. The van der Waals surface area contributed by atoms with E-state index < -0.39 is 10.0 Å². The maximum atomic E-state index is 12.1. The Morgan fingerprint density at radius 2 is 1.73 bits per heavy atom. The Labute approximate surface area is 133 Å². The van der Waals surface area contributed by atoms with Gasteiger partial charge in [-0.05, 0) is 39.8 Å². The Hall–Kier alpha value is -1.18. The van der Waals surface area contributed by atoms with Gasteiger partial charge in [-0.1, -0.05) is 0 Å². The van der Waals surface area contributed by atoms with E-state index >= 15 is 0 Å². The van der Waals surface area contributed by atoms with Crippen LogP contribution >= 0.6 is 0 Å². The zero-order valence-electron chi connectivity index (χ0n) is 13.8. The van der Waals surface area contributed by atoms with Crippen LogP contribution in [-0.4, -0.2) is 56.6 Å². The van der Waals surface area contributed by atoms with Crippen LogP contribution in [0.25, 0.3) is 0 Å². The van der Waals surface area contributed by atoms with Crippen LogP contribution in [0.1, 0.15) is 27.7 Å². The predicted octanol–water partition coefficient (Wildman–Crippen LogP) is 1.30. The maximum Gasteiger partial charge on any atom is 0.242 e. The van der Waals surface area contributed by atoms with E-state index in [0.717, 1.165) is 32.0 Å². The van der Waals surface area contributed by atoms with Gasteiger partial charge in [-0.2, -0.15) is 0 Å². The Morgan fingerprint density at radius 3 is 2.18 bits per heavy atom. The van der Waals surface area contributed by atoms with E-state index in [4.69, 9.17) is 0 Å². The molecule has 1 aliphatic rings. The topological polar surface area (TPSA) is 65.5 Å². The fourth-order valence-electron chi connectivity index (χ4n) is 2.56. The molecule has 1 saturated heterocycles. The second-order valence-corrected chi connectivity index (χ2v) is 7.96. The number of nitrogens with one attached hydrogen (secondary N) is 1. The molecule has 124 valence electrons. The second kappa shape index (κ2) is 6.93. The SMILES string of the molecule is CC(C)NS(=O)(=O)c1ccc(N2CCN(C(C)C)CC2)nc1. The van der Waals surface area contributed by atoms with Crippen molar-refractivity contribution < 1.29 is 8.42 Å². The first-order valence-corrected chi connectivity index (χ1v) is 9.25. The van der Waals surface area contributed by atoms with Crippen molar-refractivity contribution in [3.8, 4) is 0 Å². The van der Waals surface area contributed by atoms with Gasteiger partial charge in [-0.15, -0.1) is 0 Å². The lowest BCUT2D eigenvalue weighted by molar-refractivity contribution is 0.209. The summed E-state index contributed by atoms with van der Waals surface area (Å²) in [6.45, 7) is 11.9. The van der Waals surface area contributed by atoms with Crippen LogP contribution in [0.5, 0.6) is 0 Å². The highest BCUT2D eigenvalue weighted by Crippen LogP contribution is 2.17. The highest BCUT2D eigenvalue weighted by molar-refractivity contribution is 7.89. The van der Waals surface area contributed by atoms with Crippen LogP contribution in [0.15, 0.2) is 23.2 Å². The molecule has 1 aromatic rings. The minimum Gasteiger partial charge on any atom is -0.354 e. The van der Waals surface area contributed by atoms with Gasteiger partial charge in [-0.3, -0.25) is 4.90 Å². The summed E-state index contributed by atoms with van der Waals surface area (Å²) < 4.78 is 26.7. The summed E-state index contributed by atoms with van der Waals surface area (Å²) in [5.41, 5.74) is 0. The van der Waals surface area contributed by atoms with Gasteiger partial charge in [0.1, 0.15) is 10.7 Å². The van der Waals surface area contributed by atoms with Crippen molar-refractivity contribution in [2.45, 2.75) is 44.7 Å². The van der Waals surface area contributed by atoms with E-state index in [1.54, 1.807) is 26.0 Å². The fourth-order valence-corrected chi connectivity index (χ4v) is 3.76. The van der Waals surface area contributed by atoms with Crippen molar-refractivity contribution in [2.24, 2.45) is 0 Å². The van der Waals surface area contributed by atoms with Crippen LogP contribution in [0, 0.1) is 0 Å². The van der Waals surface area contributed by atoms with Gasteiger partial charge >= 0.3 is 0 Å². The van der Waals surface area contributed by atoms with E-state index in [1.165, 1.54) is 6.20 Å². The van der Waals surface area contributed by atoms with Crippen molar-refractivity contribution in [1.82, 2.24) is 14.6 Å². The molecule has 2 rings (SSSR count). The summed E-state index contributed by atoms with van der Waals surface area (Å²) in [6, 6.07) is 3.85. The molecular weight excluding hydrogens is 300 g/mol.